The third kappa shape index (κ3) is 5.28. The number of hydrogen-bond donors (Lipinski definition) is 0. The average molecular weight is 419 g/mol. The molecule has 0 bridgehead atoms. The van der Waals surface area contributed by atoms with Crippen LogP contribution in [0.15, 0.2) is 53.4 Å². The molecule has 1 aliphatic carbocycles. The standard InChI is InChI=1S/C22H27F5S/c1-2-3-4-17-5-7-18(8-6-17)19-9-11-20(12-10-19)21-13-15-22(16-14-21)28(23,24,25,26)27/h5-8,13-16,19-20H,2-4,9-12H2,1H3. The summed E-state index contributed by atoms with van der Waals surface area (Å²) in [6.45, 7) is 2.18. The second-order valence-electron chi connectivity index (χ2n) is 7.93. The molecule has 2 aromatic carbocycles. The molecular formula is C22H27F5S. The molecule has 1 fully saturated rings. The van der Waals surface area contributed by atoms with Gasteiger partial charge in [0.25, 0.3) is 0 Å². The number of rotatable bonds is 6. The summed E-state index contributed by atoms with van der Waals surface area (Å²) in [6.07, 6.45) is 7.10. The van der Waals surface area contributed by atoms with Gasteiger partial charge in [-0.05, 0) is 79.2 Å². The highest BCUT2D eigenvalue weighted by Crippen LogP contribution is 3.02. The van der Waals surface area contributed by atoms with Gasteiger partial charge in [0, 0.05) is 0 Å². The summed E-state index contributed by atoms with van der Waals surface area (Å²) in [5.41, 5.74) is 3.39. The van der Waals surface area contributed by atoms with Crippen molar-refractivity contribution < 1.29 is 19.4 Å². The van der Waals surface area contributed by atoms with Gasteiger partial charge in [-0.3, -0.25) is 0 Å². The Morgan fingerprint density at radius 1 is 0.714 bits per heavy atom. The Morgan fingerprint density at radius 2 is 1.14 bits per heavy atom. The van der Waals surface area contributed by atoms with E-state index in [0.717, 1.165) is 37.7 Å². The first kappa shape index (κ1) is 21.2. The van der Waals surface area contributed by atoms with Crippen molar-refractivity contribution in [2.45, 2.75) is 68.6 Å². The molecule has 0 heterocycles. The summed E-state index contributed by atoms with van der Waals surface area (Å²) in [7, 11) is -9.58. The number of hydrogen-bond acceptors (Lipinski definition) is 0. The molecule has 1 aliphatic rings. The van der Waals surface area contributed by atoms with Crippen molar-refractivity contribution in [3.8, 4) is 0 Å². The van der Waals surface area contributed by atoms with Crippen LogP contribution in [-0.2, 0) is 6.42 Å². The van der Waals surface area contributed by atoms with Crippen LogP contribution < -0.4 is 0 Å². The third-order valence-electron chi connectivity index (χ3n) is 5.79. The van der Waals surface area contributed by atoms with Gasteiger partial charge in [-0.15, -0.1) is 0 Å². The van der Waals surface area contributed by atoms with Crippen molar-refractivity contribution in [1.82, 2.24) is 0 Å². The van der Waals surface area contributed by atoms with Crippen molar-refractivity contribution in [2.24, 2.45) is 0 Å². The monoisotopic (exact) mass is 418 g/mol. The minimum atomic E-state index is -9.58. The van der Waals surface area contributed by atoms with Crippen LogP contribution in [0.4, 0.5) is 19.4 Å². The highest BCUT2D eigenvalue weighted by molar-refractivity contribution is 8.45. The fraction of sp³-hybridized carbons (Fsp3) is 0.455. The highest BCUT2D eigenvalue weighted by Gasteiger charge is 2.65. The molecule has 6 heteroatoms. The van der Waals surface area contributed by atoms with Gasteiger partial charge in [-0.25, -0.2) is 0 Å². The smallest absolute Gasteiger partial charge is 0.0936 e. The first-order chi connectivity index (χ1) is 13.0. The van der Waals surface area contributed by atoms with E-state index in [1.54, 1.807) is 0 Å². The molecule has 28 heavy (non-hydrogen) atoms. The van der Waals surface area contributed by atoms with Crippen molar-refractivity contribution in [3.63, 3.8) is 0 Å². The molecule has 1 saturated carbocycles. The van der Waals surface area contributed by atoms with E-state index in [0.29, 0.717) is 18.1 Å². The minimum absolute atomic E-state index is 0.132. The third-order valence-corrected chi connectivity index (χ3v) is 6.96. The number of benzene rings is 2. The zero-order chi connectivity index (χ0) is 20.5. The Morgan fingerprint density at radius 3 is 1.54 bits per heavy atom. The largest absolute Gasteiger partial charge is 0.310 e. The second kappa shape index (κ2) is 7.05. The quantitative estimate of drug-likeness (QED) is 0.410. The number of aryl methyl sites for hydroxylation is 1. The average Bonchev–Trinajstić information content (AvgIpc) is 2.65. The highest BCUT2D eigenvalue weighted by atomic mass is 32.5. The molecule has 0 aliphatic heterocycles. The van der Waals surface area contributed by atoms with Gasteiger partial charge in [-0.1, -0.05) is 69.2 Å². The second-order valence-corrected chi connectivity index (χ2v) is 10.3. The summed E-state index contributed by atoms with van der Waals surface area (Å²) < 4.78 is 64.3. The van der Waals surface area contributed by atoms with Gasteiger partial charge < -0.3 is 0 Å². The lowest BCUT2D eigenvalue weighted by atomic mass is 9.76. The summed E-state index contributed by atoms with van der Waals surface area (Å²) in [4.78, 5) is -1.81. The molecular weight excluding hydrogens is 391 g/mol. The van der Waals surface area contributed by atoms with Gasteiger partial charge in [0.15, 0.2) is 0 Å². The maximum Gasteiger partial charge on any atom is 0.310 e. The lowest BCUT2D eigenvalue weighted by Crippen LogP contribution is -2.12. The first-order valence-corrected chi connectivity index (χ1v) is 11.8. The molecule has 156 valence electrons. The van der Waals surface area contributed by atoms with Crippen molar-refractivity contribution >= 4 is 10.2 Å². The van der Waals surface area contributed by atoms with E-state index in [1.807, 2.05) is 0 Å². The van der Waals surface area contributed by atoms with E-state index >= 15 is 0 Å². The van der Waals surface area contributed by atoms with Crippen molar-refractivity contribution in [1.29, 1.82) is 0 Å². The molecule has 0 spiro atoms. The minimum Gasteiger partial charge on any atom is -0.0936 e. The van der Waals surface area contributed by atoms with Crippen LogP contribution in [0, 0.1) is 0 Å². The van der Waals surface area contributed by atoms with Crippen molar-refractivity contribution in [2.75, 3.05) is 0 Å². The van der Waals surface area contributed by atoms with Gasteiger partial charge >= 0.3 is 10.2 Å². The molecule has 3 rings (SSSR count). The zero-order valence-electron chi connectivity index (χ0n) is 16.0. The van der Waals surface area contributed by atoms with Crippen LogP contribution in [0.25, 0.3) is 0 Å². The Kier molecular flexibility index (Phi) is 5.32. The van der Waals surface area contributed by atoms with E-state index in [-0.39, 0.29) is 5.92 Å². The van der Waals surface area contributed by atoms with E-state index < -0.39 is 15.1 Å². The molecule has 0 saturated heterocycles. The number of unbranched alkanes of at least 4 members (excludes halogenated alkanes) is 1. The molecule has 0 nitrogen and oxygen atoms in total. The van der Waals surface area contributed by atoms with E-state index in [2.05, 4.69) is 31.2 Å². The van der Waals surface area contributed by atoms with Crippen LogP contribution in [0.3, 0.4) is 0 Å². The van der Waals surface area contributed by atoms with Gasteiger partial charge in [0.1, 0.15) is 4.90 Å². The molecule has 2 aromatic rings. The van der Waals surface area contributed by atoms with Crippen LogP contribution in [0.2, 0.25) is 0 Å². The molecule has 0 N–H and O–H groups in total. The van der Waals surface area contributed by atoms with Crippen LogP contribution in [0.1, 0.15) is 74.0 Å². The first-order valence-electron chi connectivity index (χ1n) is 9.89. The summed E-state index contributed by atoms with van der Waals surface area (Å²) in [6, 6.07) is 12.3. The predicted octanol–water partition coefficient (Wildman–Crippen LogP) is 9.13. The summed E-state index contributed by atoms with van der Waals surface area (Å²) in [5.74, 6) is 0.591. The lowest BCUT2D eigenvalue weighted by Gasteiger charge is -2.40. The summed E-state index contributed by atoms with van der Waals surface area (Å²) in [5, 5.41) is 0. The van der Waals surface area contributed by atoms with Crippen molar-refractivity contribution in [3.05, 3.63) is 65.2 Å². The molecule has 0 radical (unpaired) electrons. The lowest BCUT2D eigenvalue weighted by molar-refractivity contribution is 0.363. The normalized spacial score (nSPS) is 23.1. The Hall–Kier alpha value is -1.56. The fourth-order valence-corrected chi connectivity index (χ4v) is 4.75. The van der Waals surface area contributed by atoms with Crippen LogP contribution in [0.5, 0.6) is 0 Å². The molecule has 0 atom stereocenters. The molecule has 0 amide bonds. The Balaban J connectivity index is 1.61. The topological polar surface area (TPSA) is 0 Å². The van der Waals surface area contributed by atoms with Crippen LogP contribution >= 0.6 is 10.2 Å². The molecule has 0 unspecified atom stereocenters. The summed E-state index contributed by atoms with van der Waals surface area (Å²) >= 11 is 0. The van der Waals surface area contributed by atoms with Gasteiger partial charge in [0.05, 0.1) is 0 Å². The van der Waals surface area contributed by atoms with Crippen LogP contribution in [-0.4, -0.2) is 0 Å². The molecule has 0 aromatic heterocycles. The number of halogens is 5. The van der Waals surface area contributed by atoms with E-state index in [9.17, 15) is 19.4 Å². The van der Waals surface area contributed by atoms with E-state index in [4.69, 9.17) is 0 Å². The maximum atomic E-state index is 12.9. The predicted molar refractivity (Wildman–Crippen MR) is 107 cm³/mol. The van der Waals surface area contributed by atoms with E-state index in [1.165, 1.54) is 36.1 Å². The fourth-order valence-electron chi connectivity index (χ4n) is 4.09. The SMILES string of the molecule is CCCCc1ccc(C2CCC(c3ccc(S(F)(F)(F)(F)F)cc3)CC2)cc1. The maximum absolute atomic E-state index is 12.9. The van der Waals surface area contributed by atoms with Gasteiger partial charge in [-0.2, -0.15) is 0 Å². The Labute approximate surface area is 163 Å². The van der Waals surface area contributed by atoms with Gasteiger partial charge in [0.2, 0.25) is 0 Å². The Bertz CT molecular complexity index is 786. The zero-order valence-corrected chi connectivity index (χ0v) is 16.8.